The minimum atomic E-state index is -1.90. The minimum absolute atomic E-state index is 0.100. The van der Waals surface area contributed by atoms with Crippen molar-refractivity contribution in [2.24, 2.45) is 16.7 Å². The van der Waals surface area contributed by atoms with Gasteiger partial charge >= 0.3 is 0 Å². The summed E-state index contributed by atoms with van der Waals surface area (Å²) in [5.41, 5.74) is 0.425. The lowest BCUT2D eigenvalue weighted by Gasteiger charge is -2.50. The van der Waals surface area contributed by atoms with E-state index >= 15 is 0 Å². The number of carbonyl (C=O) groups excluding carboxylic acids is 1. The molecule has 5 atom stereocenters. The summed E-state index contributed by atoms with van der Waals surface area (Å²) in [6.07, 6.45) is 2.70. The molecule has 0 N–H and O–H groups in total. The summed E-state index contributed by atoms with van der Waals surface area (Å²) >= 11 is 0. The number of rotatable bonds is 5. The Bertz CT molecular complexity index is 723. The Labute approximate surface area is 158 Å². The molecule has 0 unspecified atom stereocenters. The summed E-state index contributed by atoms with van der Waals surface area (Å²) in [7, 11) is -1.90. The van der Waals surface area contributed by atoms with Gasteiger partial charge in [-0.15, -0.1) is 0 Å². The van der Waals surface area contributed by atoms with Crippen LogP contribution < -0.4 is 0 Å². The fourth-order valence-corrected chi connectivity index (χ4v) is 7.24. The van der Waals surface area contributed by atoms with Gasteiger partial charge in [0.05, 0.1) is 0 Å². The molecule has 1 aliphatic heterocycles. The molecule has 0 amide bonds. The second-order valence-electron chi connectivity index (χ2n) is 10.3. The van der Waals surface area contributed by atoms with E-state index in [1.807, 2.05) is 18.2 Å². The number of hydrogen-bond acceptors (Lipinski definition) is 3. The predicted octanol–water partition coefficient (Wildman–Crippen LogP) is 5.13. The van der Waals surface area contributed by atoms with E-state index in [9.17, 15) is 4.79 Å². The van der Waals surface area contributed by atoms with Crippen molar-refractivity contribution in [2.45, 2.75) is 77.5 Å². The standard InChI is InChI=1S/C22H32O3Si/c1-20(2)16-12-13-21(20,3)22(14-16,25-26(4,5)6)19(23)18-17(24-18)15-10-8-7-9-11-15/h7-11,16-18H,12-14H2,1-6H3/t16-,17+,18-,21-,22+/m1/s1. The molecule has 2 saturated carbocycles. The van der Waals surface area contributed by atoms with Gasteiger partial charge in [-0.1, -0.05) is 51.1 Å². The van der Waals surface area contributed by atoms with Gasteiger partial charge in [-0.2, -0.15) is 0 Å². The molecule has 2 bridgehead atoms. The largest absolute Gasteiger partial charge is 0.404 e. The molecule has 1 heterocycles. The van der Waals surface area contributed by atoms with E-state index in [1.165, 1.54) is 6.42 Å². The van der Waals surface area contributed by atoms with Crippen LogP contribution in [0.1, 0.15) is 51.7 Å². The molecule has 3 fully saturated rings. The Morgan fingerprint density at radius 2 is 1.81 bits per heavy atom. The van der Waals surface area contributed by atoms with Crippen LogP contribution in [0.5, 0.6) is 0 Å². The van der Waals surface area contributed by atoms with Crippen molar-refractivity contribution < 1.29 is 14.0 Å². The van der Waals surface area contributed by atoms with Crippen molar-refractivity contribution in [3.05, 3.63) is 35.9 Å². The summed E-state index contributed by atoms with van der Waals surface area (Å²) in [5.74, 6) is 0.758. The number of benzene rings is 1. The van der Waals surface area contributed by atoms with Gasteiger partial charge in [0.2, 0.25) is 0 Å². The molecule has 3 aliphatic rings. The number of Topliss-reactive ketones (excluding diaryl/α,β-unsaturated/α-hetero) is 1. The molecule has 0 spiro atoms. The highest BCUT2D eigenvalue weighted by atomic mass is 28.4. The smallest absolute Gasteiger partial charge is 0.195 e. The van der Waals surface area contributed by atoms with E-state index < -0.39 is 13.9 Å². The first-order valence-corrected chi connectivity index (χ1v) is 13.4. The molecule has 3 nitrogen and oxygen atoms in total. The molecule has 2 aliphatic carbocycles. The third-order valence-corrected chi connectivity index (χ3v) is 8.58. The molecule has 4 heteroatoms. The Morgan fingerprint density at radius 3 is 2.31 bits per heavy atom. The summed E-state index contributed by atoms with van der Waals surface area (Å²) < 4.78 is 12.7. The van der Waals surface area contributed by atoms with Crippen LogP contribution in [-0.2, 0) is 14.0 Å². The fraction of sp³-hybridized carbons (Fsp3) is 0.682. The lowest BCUT2D eigenvalue weighted by Crippen LogP contribution is -2.60. The summed E-state index contributed by atoms with van der Waals surface area (Å²) in [4.78, 5) is 13.8. The third-order valence-electron chi connectivity index (χ3n) is 7.62. The summed E-state index contributed by atoms with van der Waals surface area (Å²) in [5, 5.41) is 0. The Kier molecular flexibility index (Phi) is 3.91. The Hall–Kier alpha value is -0.973. The molecule has 1 saturated heterocycles. The van der Waals surface area contributed by atoms with Gasteiger partial charge in [0.15, 0.2) is 14.1 Å². The van der Waals surface area contributed by atoms with Crippen molar-refractivity contribution in [1.82, 2.24) is 0 Å². The highest BCUT2D eigenvalue weighted by Crippen LogP contribution is 2.72. The van der Waals surface area contributed by atoms with Gasteiger partial charge in [-0.05, 0) is 55.8 Å². The number of ketones is 1. The predicted molar refractivity (Wildman–Crippen MR) is 105 cm³/mol. The van der Waals surface area contributed by atoms with Crippen molar-refractivity contribution >= 4 is 14.1 Å². The van der Waals surface area contributed by atoms with Gasteiger partial charge < -0.3 is 9.16 Å². The van der Waals surface area contributed by atoms with E-state index in [2.05, 4.69) is 52.5 Å². The van der Waals surface area contributed by atoms with Crippen LogP contribution in [-0.4, -0.2) is 25.8 Å². The van der Waals surface area contributed by atoms with Crippen molar-refractivity contribution in [3.8, 4) is 0 Å². The van der Waals surface area contributed by atoms with E-state index in [0.29, 0.717) is 5.92 Å². The lowest BCUT2D eigenvalue weighted by atomic mass is 9.62. The minimum Gasteiger partial charge on any atom is -0.404 e. The topological polar surface area (TPSA) is 38.8 Å². The fourth-order valence-electron chi connectivity index (χ4n) is 5.79. The van der Waals surface area contributed by atoms with Crippen LogP contribution in [0.2, 0.25) is 19.6 Å². The van der Waals surface area contributed by atoms with Gasteiger partial charge in [0, 0.05) is 5.41 Å². The van der Waals surface area contributed by atoms with Crippen LogP contribution in [0.25, 0.3) is 0 Å². The lowest BCUT2D eigenvalue weighted by molar-refractivity contribution is -0.152. The number of ether oxygens (including phenoxy) is 1. The quantitative estimate of drug-likeness (QED) is 0.531. The first kappa shape index (κ1) is 18.4. The van der Waals surface area contributed by atoms with Gasteiger partial charge in [0.25, 0.3) is 0 Å². The van der Waals surface area contributed by atoms with E-state index in [1.54, 1.807) is 0 Å². The number of hydrogen-bond donors (Lipinski definition) is 0. The van der Waals surface area contributed by atoms with E-state index in [4.69, 9.17) is 9.16 Å². The average molecular weight is 373 g/mol. The van der Waals surface area contributed by atoms with Crippen molar-refractivity contribution in [3.63, 3.8) is 0 Å². The highest BCUT2D eigenvalue weighted by molar-refractivity contribution is 6.70. The zero-order valence-corrected chi connectivity index (χ0v) is 18.0. The van der Waals surface area contributed by atoms with Crippen LogP contribution >= 0.6 is 0 Å². The first-order valence-electron chi connectivity index (χ1n) is 9.97. The maximum atomic E-state index is 13.8. The van der Waals surface area contributed by atoms with Crippen molar-refractivity contribution in [2.75, 3.05) is 0 Å². The zero-order valence-electron chi connectivity index (χ0n) is 17.0. The molecule has 0 aromatic heterocycles. The molecule has 4 rings (SSSR count). The van der Waals surface area contributed by atoms with Gasteiger partial charge in [-0.25, -0.2) is 0 Å². The second kappa shape index (κ2) is 5.52. The summed E-state index contributed by atoms with van der Waals surface area (Å²) in [6, 6.07) is 10.1. The maximum absolute atomic E-state index is 13.8. The van der Waals surface area contributed by atoms with Gasteiger partial charge in [0.1, 0.15) is 17.8 Å². The van der Waals surface area contributed by atoms with Crippen LogP contribution in [0, 0.1) is 16.7 Å². The van der Waals surface area contributed by atoms with E-state index in [-0.39, 0.29) is 28.8 Å². The van der Waals surface area contributed by atoms with Crippen LogP contribution in [0.4, 0.5) is 0 Å². The maximum Gasteiger partial charge on any atom is 0.195 e. The third kappa shape index (κ3) is 2.41. The summed E-state index contributed by atoms with van der Waals surface area (Å²) in [6.45, 7) is 13.6. The van der Waals surface area contributed by atoms with Crippen LogP contribution in [0.15, 0.2) is 30.3 Å². The van der Waals surface area contributed by atoms with E-state index in [0.717, 1.165) is 18.4 Å². The molecule has 1 aromatic carbocycles. The highest BCUT2D eigenvalue weighted by Gasteiger charge is 2.74. The first-order chi connectivity index (χ1) is 12.0. The molecule has 142 valence electrons. The average Bonchev–Trinajstić information content (AvgIpc) is 3.29. The molecule has 0 radical (unpaired) electrons. The zero-order chi connectivity index (χ0) is 19.0. The Balaban J connectivity index is 1.69. The second-order valence-corrected chi connectivity index (χ2v) is 14.7. The van der Waals surface area contributed by atoms with Crippen LogP contribution in [0.3, 0.4) is 0 Å². The van der Waals surface area contributed by atoms with Crippen molar-refractivity contribution in [1.29, 1.82) is 0 Å². The number of fused-ring (bicyclic) bond motifs is 2. The molecule has 26 heavy (non-hydrogen) atoms. The SMILES string of the molecule is CC1(C)[C@@H]2CC[C@@]1(C)[C@@](O[Si](C)(C)C)(C(=O)[C@@H]1O[C@H]1c1ccccc1)C2. The number of epoxide rings is 1. The molecular formula is C22H32O3Si. The molecular weight excluding hydrogens is 340 g/mol. The monoisotopic (exact) mass is 372 g/mol. The number of carbonyl (C=O) groups is 1. The van der Waals surface area contributed by atoms with Gasteiger partial charge in [-0.3, -0.25) is 4.79 Å². The normalized spacial score (nSPS) is 40.6. The Morgan fingerprint density at radius 1 is 1.15 bits per heavy atom. The molecule has 1 aromatic rings.